The Morgan fingerprint density at radius 3 is 1.33 bits per heavy atom. The summed E-state index contributed by atoms with van der Waals surface area (Å²) < 4.78 is 15.7. The van der Waals surface area contributed by atoms with Crippen LogP contribution in [-0.4, -0.2) is 27.3 Å². The lowest BCUT2D eigenvalue weighted by atomic mass is 9.87. The van der Waals surface area contributed by atoms with E-state index in [1.165, 1.54) is 0 Å². The first-order valence-corrected chi connectivity index (χ1v) is 4.15. The molecule has 0 unspecified atom stereocenters. The Morgan fingerprint density at radius 2 is 1.25 bits per heavy atom. The summed E-state index contributed by atoms with van der Waals surface area (Å²) in [5.41, 5.74) is -0.161. The minimum Gasteiger partial charge on any atom is -0.330 e. The van der Waals surface area contributed by atoms with Crippen LogP contribution in [0.4, 0.5) is 0 Å². The third-order valence-corrected chi connectivity index (χ3v) is 2.52. The highest BCUT2D eigenvalue weighted by Gasteiger charge is 2.45. The van der Waals surface area contributed by atoms with Crippen LogP contribution in [0.5, 0.6) is 0 Å². The summed E-state index contributed by atoms with van der Waals surface area (Å²) in [5, 5.41) is 0. The Bertz CT molecular complexity index is 119. The van der Waals surface area contributed by atoms with Gasteiger partial charge in [-0.1, -0.05) is 20.8 Å². The van der Waals surface area contributed by atoms with E-state index in [1.807, 2.05) is 13.8 Å². The third kappa shape index (κ3) is 1.79. The number of methoxy groups -OCH3 is 3. The second kappa shape index (κ2) is 4.21. The molecule has 0 aromatic carbocycles. The number of rotatable bonds is 5. The average molecular weight is 176 g/mol. The van der Waals surface area contributed by atoms with E-state index in [2.05, 4.69) is 6.92 Å². The smallest absolute Gasteiger partial charge is 0.287 e. The molecule has 3 nitrogen and oxygen atoms in total. The van der Waals surface area contributed by atoms with Crippen molar-refractivity contribution in [1.29, 1.82) is 0 Å². The van der Waals surface area contributed by atoms with E-state index >= 15 is 0 Å². The molecular weight excluding hydrogens is 156 g/mol. The highest BCUT2D eigenvalue weighted by Crippen LogP contribution is 2.37. The van der Waals surface area contributed by atoms with E-state index in [1.54, 1.807) is 21.3 Å². The van der Waals surface area contributed by atoms with Gasteiger partial charge in [-0.05, 0) is 6.42 Å². The van der Waals surface area contributed by atoms with E-state index in [-0.39, 0.29) is 5.41 Å². The van der Waals surface area contributed by atoms with Crippen molar-refractivity contribution in [3.8, 4) is 0 Å². The molecule has 0 heterocycles. The lowest BCUT2D eigenvalue weighted by molar-refractivity contribution is -0.401. The van der Waals surface area contributed by atoms with Crippen molar-refractivity contribution in [3.63, 3.8) is 0 Å². The van der Waals surface area contributed by atoms with Crippen LogP contribution in [-0.2, 0) is 14.2 Å². The minimum absolute atomic E-state index is 0.161. The Hall–Kier alpha value is -0.120. The molecule has 12 heavy (non-hydrogen) atoms. The van der Waals surface area contributed by atoms with Crippen LogP contribution in [0.3, 0.4) is 0 Å². The van der Waals surface area contributed by atoms with Crippen molar-refractivity contribution in [1.82, 2.24) is 0 Å². The lowest BCUT2D eigenvalue weighted by Gasteiger charge is -2.41. The van der Waals surface area contributed by atoms with Crippen molar-refractivity contribution >= 4 is 0 Å². The van der Waals surface area contributed by atoms with E-state index in [4.69, 9.17) is 14.2 Å². The normalized spacial score (nSPS) is 13.5. The SMILES string of the molecule is CCC(C)(C)C(OC)(OC)OC. The van der Waals surface area contributed by atoms with Gasteiger partial charge in [0, 0.05) is 26.7 Å². The molecule has 0 N–H and O–H groups in total. The molecule has 0 amide bonds. The molecule has 0 aliphatic carbocycles. The molecule has 0 radical (unpaired) electrons. The maximum Gasteiger partial charge on any atom is 0.287 e. The molecule has 74 valence electrons. The van der Waals surface area contributed by atoms with Crippen LogP contribution in [0.25, 0.3) is 0 Å². The summed E-state index contributed by atoms with van der Waals surface area (Å²) in [6.45, 7) is 6.17. The van der Waals surface area contributed by atoms with Crippen molar-refractivity contribution in [2.24, 2.45) is 5.41 Å². The zero-order chi connectivity index (χ0) is 9.83. The lowest BCUT2D eigenvalue weighted by Crippen LogP contribution is -2.49. The third-order valence-electron chi connectivity index (χ3n) is 2.52. The van der Waals surface area contributed by atoms with Gasteiger partial charge in [0.05, 0.1) is 0 Å². The maximum absolute atomic E-state index is 5.25. The standard InChI is InChI=1S/C9H20O3/c1-7-8(2,3)9(10-4,11-5)12-6/h7H2,1-6H3. The maximum atomic E-state index is 5.25. The van der Waals surface area contributed by atoms with E-state index in [0.717, 1.165) is 6.42 Å². The van der Waals surface area contributed by atoms with Gasteiger partial charge >= 0.3 is 0 Å². The second-order valence-electron chi connectivity index (χ2n) is 3.41. The predicted molar refractivity (Wildman–Crippen MR) is 47.8 cm³/mol. The molecule has 0 bridgehead atoms. The topological polar surface area (TPSA) is 27.7 Å². The molecule has 0 saturated carbocycles. The average Bonchev–Trinajstić information content (AvgIpc) is 2.08. The van der Waals surface area contributed by atoms with Gasteiger partial charge < -0.3 is 14.2 Å². The quantitative estimate of drug-likeness (QED) is 0.600. The summed E-state index contributed by atoms with van der Waals surface area (Å²) in [6.07, 6.45) is 0.919. The number of hydrogen-bond acceptors (Lipinski definition) is 3. The fraction of sp³-hybridized carbons (Fsp3) is 1.00. The first-order valence-electron chi connectivity index (χ1n) is 4.15. The van der Waals surface area contributed by atoms with Crippen LogP contribution in [0.2, 0.25) is 0 Å². The van der Waals surface area contributed by atoms with Gasteiger partial charge in [0.15, 0.2) is 0 Å². The molecule has 0 aromatic rings. The molecule has 0 saturated heterocycles. The Morgan fingerprint density at radius 1 is 0.917 bits per heavy atom. The molecular formula is C9H20O3. The molecule has 0 aliphatic heterocycles. The molecule has 0 fully saturated rings. The molecule has 0 atom stereocenters. The first-order chi connectivity index (χ1) is 5.49. The Balaban J connectivity index is 4.69. The zero-order valence-corrected chi connectivity index (χ0v) is 8.93. The van der Waals surface area contributed by atoms with Crippen LogP contribution >= 0.6 is 0 Å². The monoisotopic (exact) mass is 176 g/mol. The summed E-state index contributed by atoms with van der Waals surface area (Å²) in [4.78, 5) is 0. The first kappa shape index (κ1) is 11.9. The molecule has 0 aliphatic rings. The van der Waals surface area contributed by atoms with Gasteiger partial charge in [-0.15, -0.1) is 0 Å². The predicted octanol–water partition coefficient (Wildman–Crippen LogP) is 2.02. The van der Waals surface area contributed by atoms with E-state index < -0.39 is 5.97 Å². The summed E-state index contributed by atoms with van der Waals surface area (Å²) >= 11 is 0. The summed E-state index contributed by atoms with van der Waals surface area (Å²) in [7, 11) is 4.76. The van der Waals surface area contributed by atoms with Gasteiger partial charge in [-0.2, -0.15) is 0 Å². The van der Waals surface area contributed by atoms with Crippen molar-refractivity contribution in [2.75, 3.05) is 21.3 Å². The second-order valence-corrected chi connectivity index (χ2v) is 3.41. The Kier molecular flexibility index (Phi) is 4.17. The molecule has 0 rings (SSSR count). The van der Waals surface area contributed by atoms with Crippen LogP contribution < -0.4 is 0 Å². The van der Waals surface area contributed by atoms with Crippen LogP contribution in [0.15, 0.2) is 0 Å². The van der Waals surface area contributed by atoms with Gasteiger partial charge in [0.2, 0.25) is 0 Å². The molecule has 0 aromatic heterocycles. The van der Waals surface area contributed by atoms with Crippen molar-refractivity contribution in [2.45, 2.75) is 33.2 Å². The van der Waals surface area contributed by atoms with Gasteiger partial charge in [-0.25, -0.2) is 0 Å². The summed E-state index contributed by atoms with van der Waals surface area (Å²) in [6, 6.07) is 0. The van der Waals surface area contributed by atoms with Crippen molar-refractivity contribution in [3.05, 3.63) is 0 Å². The van der Waals surface area contributed by atoms with Gasteiger partial charge in [0.1, 0.15) is 0 Å². The number of hydrogen-bond donors (Lipinski definition) is 0. The minimum atomic E-state index is -0.929. The molecule has 0 spiro atoms. The highest BCUT2D eigenvalue weighted by atomic mass is 16.9. The molecule has 3 heteroatoms. The number of ether oxygens (including phenoxy) is 3. The van der Waals surface area contributed by atoms with Gasteiger partial charge in [-0.3, -0.25) is 0 Å². The van der Waals surface area contributed by atoms with Crippen LogP contribution in [0, 0.1) is 5.41 Å². The fourth-order valence-corrected chi connectivity index (χ4v) is 1.30. The zero-order valence-electron chi connectivity index (χ0n) is 8.93. The van der Waals surface area contributed by atoms with Crippen molar-refractivity contribution < 1.29 is 14.2 Å². The fourth-order valence-electron chi connectivity index (χ4n) is 1.30. The van der Waals surface area contributed by atoms with E-state index in [0.29, 0.717) is 0 Å². The van der Waals surface area contributed by atoms with E-state index in [9.17, 15) is 0 Å². The summed E-state index contributed by atoms with van der Waals surface area (Å²) in [5.74, 6) is -0.929. The highest BCUT2D eigenvalue weighted by molar-refractivity contribution is 4.78. The van der Waals surface area contributed by atoms with Crippen LogP contribution in [0.1, 0.15) is 27.2 Å². The van der Waals surface area contributed by atoms with Gasteiger partial charge in [0.25, 0.3) is 5.97 Å². The largest absolute Gasteiger partial charge is 0.330 e. The Labute approximate surface area is 75.0 Å².